The van der Waals surface area contributed by atoms with Gasteiger partial charge in [0.05, 0.1) is 6.61 Å². The van der Waals surface area contributed by atoms with Gasteiger partial charge in [-0.15, -0.1) is 0 Å². The van der Waals surface area contributed by atoms with Crippen LogP contribution in [0, 0.1) is 6.92 Å². The standard InChI is InChI=1S/C24H32O7/c1-16-5-7-18(8-6-16)15-30-19-11-9-17(10-12-19)4-2-3-13-29-24-23(28)22(27)21(26)20(14-25)31-24/h5-12,20-28H,2-4,13-15H2,1H3/t20-,21-,22+,23-,24-/m1/s1. The van der Waals surface area contributed by atoms with Crippen LogP contribution in [0.25, 0.3) is 0 Å². The molecular weight excluding hydrogens is 400 g/mol. The second kappa shape index (κ2) is 11.6. The number of ether oxygens (including phenoxy) is 3. The summed E-state index contributed by atoms with van der Waals surface area (Å²) in [7, 11) is 0. The zero-order valence-electron chi connectivity index (χ0n) is 17.8. The molecule has 0 aliphatic carbocycles. The van der Waals surface area contributed by atoms with Crippen molar-refractivity contribution in [1.29, 1.82) is 0 Å². The van der Waals surface area contributed by atoms with Crippen LogP contribution in [-0.2, 0) is 22.5 Å². The lowest BCUT2D eigenvalue weighted by Crippen LogP contribution is -2.59. The molecule has 0 amide bonds. The lowest BCUT2D eigenvalue weighted by molar-refractivity contribution is -0.301. The highest BCUT2D eigenvalue weighted by molar-refractivity contribution is 5.28. The van der Waals surface area contributed by atoms with Crippen molar-refractivity contribution >= 4 is 0 Å². The van der Waals surface area contributed by atoms with Gasteiger partial charge in [0.25, 0.3) is 0 Å². The van der Waals surface area contributed by atoms with Crippen molar-refractivity contribution in [3.8, 4) is 5.75 Å². The molecule has 31 heavy (non-hydrogen) atoms. The first-order valence-corrected chi connectivity index (χ1v) is 10.7. The molecule has 2 aromatic rings. The second-order valence-electron chi connectivity index (χ2n) is 7.94. The van der Waals surface area contributed by atoms with E-state index >= 15 is 0 Å². The Morgan fingerprint density at radius 1 is 0.839 bits per heavy atom. The Balaban J connectivity index is 1.34. The van der Waals surface area contributed by atoms with Crippen molar-refractivity contribution in [2.24, 2.45) is 0 Å². The second-order valence-corrected chi connectivity index (χ2v) is 7.94. The van der Waals surface area contributed by atoms with Gasteiger partial charge in [0.2, 0.25) is 0 Å². The molecule has 3 rings (SSSR count). The van der Waals surface area contributed by atoms with Gasteiger partial charge in [-0.2, -0.15) is 0 Å². The third kappa shape index (κ3) is 6.74. The fraction of sp³-hybridized carbons (Fsp3) is 0.500. The molecule has 1 aliphatic heterocycles. The van der Waals surface area contributed by atoms with Gasteiger partial charge in [-0.05, 0) is 49.4 Å². The summed E-state index contributed by atoms with van der Waals surface area (Å²) in [5.41, 5.74) is 3.55. The minimum atomic E-state index is -1.41. The van der Waals surface area contributed by atoms with Gasteiger partial charge in [0.15, 0.2) is 6.29 Å². The summed E-state index contributed by atoms with van der Waals surface area (Å²) in [6.07, 6.45) is -3.68. The first-order valence-electron chi connectivity index (χ1n) is 10.7. The molecule has 7 nitrogen and oxygen atoms in total. The van der Waals surface area contributed by atoms with Crippen LogP contribution < -0.4 is 4.74 Å². The fourth-order valence-electron chi connectivity index (χ4n) is 3.44. The Labute approximate surface area is 182 Å². The van der Waals surface area contributed by atoms with Crippen LogP contribution in [-0.4, -0.2) is 64.3 Å². The van der Waals surface area contributed by atoms with Crippen LogP contribution in [0.5, 0.6) is 5.75 Å². The predicted molar refractivity (Wildman–Crippen MR) is 115 cm³/mol. The lowest BCUT2D eigenvalue weighted by Gasteiger charge is -2.39. The van der Waals surface area contributed by atoms with Crippen molar-refractivity contribution < 1.29 is 34.6 Å². The van der Waals surface area contributed by atoms with Gasteiger partial charge in [0, 0.05) is 6.61 Å². The summed E-state index contributed by atoms with van der Waals surface area (Å²) in [5, 5.41) is 38.7. The summed E-state index contributed by atoms with van der Waals surface area (Å²) in [6, 6.07) is 16.3. The SMILES string of the molecule is Cc1ccc(COc2ccc(CCCCO[C@@H]3O[C@H](CO)[C@@H](O)[C@H](O)[C@H]3O)cc2)cc1. The third-order valence-corrected chi connectivity index (χ3v) is 5.44. The van der Waals surface area contributed by atoms with E-state index in [1.165, 1.54) is 11.1 Å². The number of aryl methyl sites for hydroxylation is 2. The number of hydrogen-bond acceptors (Lipinski definition) is 7. The molecule has 2 aromatic carbocycles. The first-order chi connectivity index (χ1) is 15.0. The summed E-state index contributed by atoms with van der Waals surface area (Å²) in [5.74, 6) is 0.829. The van der Waals surface area contributed by atoms with Gasteiger partial charge < -0.3 is 34.6 Å². The zero-order chi connectivity index (χ0) is 22.2. The van der Waals surface area contributed by atoms with Crippen LogP contribution >= 0.6 is 0 Å². The van der Waals surface area contributed by atoms with E-state index in [4.69, 9.17) is 14.2 Å². The quantitative estimate of drug-likeness (QED) is 0.423. The van der Waals surface area contributed by atoms with Gasteiger partial charge in [-0.25, -0.2) is 0 Å². The lowest BCUT2D eigenvalue weighted by atomic mass is 9.99. The summed E-state index contributed by atoms with van der Waals surface area (Å²) < 4.78 is 16.7. The molecule has 4 N–H and O–H groups in total. The van der Waals surface area contributed by atoms with Crippen LogP contribution in [0.2, 0.25) is 0 Å². The minimum absolute atomic E-state index is 0.334. The molecule has 170 valence electrons. The third-order valence-electron chi connectivity index (χ3n) is 5.44. The van der Waals surface area contributed by atoms with Gasteiger partial charge >= 0.3 is 0 Å². The molecule has 1 fully saturated rings. The van der Waals surface area contributed by atoms with E-state index in [1.807, 2.05) is 24.3 Å². The number of benzene rings is 2. The highest BCUT2D eigenvalue weighted by Crippen LogP contribution is 2.22. The Bertz CT molecular complexity index is 776. The Kier molecular flexibility index (Phi) is 8.83. The zero-order valence-corrected chi connectivity index (χ0v) is 17.8. The van der Waals surface area contributed by atoms with Gasteiger partial charge in [-0.1, -0.05) is 42.0 Å². The fourth-order valence-corrected chi connectivity index (χ4v) is 3.44. The van der Waals surface area contributed by atoms with Gasteiger partial charge in [0.1, 0.15) is 36.8 Å². The minimum Gasteiger partial charge on any atom is -0.489 e. The van der Waals surface area contributed by atoms with Crippen molar-refractivity contribution in [2.75, 3.05) is 13.2 Å². The van der Waals surface area contributed by atoms with Crippen LogP contribution in [0.15, 0.2) is 48.5 Å². The van der Waals surface area contributed by atoms with E-state index < -0.39 is 37.3 Å². The van der Waals surface area contributed by atoms with Crippen molar-refractivity contribution in [3.05, 3.63) is 65.2 Å². The highest BCUT2D eigenvalue weighted by Gasteiger charge is 2.43. The predicted octanol–water partition coefficient (Wildman–Crippen LogP) is 1.71. The largest absolute Gasteiger partial charge is 0.489 e. The smallest absolute Gasteiger partial charge is 0.186 e. The van der Waals surface area contributed by atoms with Crippen molar-refractivity contribution in [1.82, 2.24) is 0 Å². The number of unbranched alkanes of at least 4 members (excludes halogenated alkanes) is 1. The molecule has 1 heterocycles. The Morgan fingerprint density at radius 2 is 1.52 bits per heavy atom. The summed E-state index contributed by atoms with van der Waals surface area (Å²) in [4.78, 5) is 0. The summed E-state index contributed by atoms with van der Waals surface area (Å²) >= 11 is 0. The molecule has 7 heteroatoms. The number of aliphatic hydroxyl groups excluding tert-OH is 4. The van der Waals surface area contributed by atoms with Crippen LogP contribution in [0.4, 0.5) is 0 Å². The number of aliphatic hydroxyl groups is 4. The molecule has 0 aromatic heterocycles. The maximum Gasteiger partial charge on any atom is 0.186 e. The molecule has 0 unspecified atom stereocenters. The van der Waals surface area contributed by atoms with Crippen LogP contribution in [0.1, 0.15) is 29.5 Å². The van der Waals surface area contributed by atoms with Crippen LogP contribution in [0.3, 0.4) is 0 Å². The number of hydrogen-bond donors (Lipinski definition) is 4. The maximum atomic E-state index is 9.96. The monoisotopic (exact) mass is 432 g/mol. The topological polar surface area (TPSA) is 109 Å². The maximum absolute atomic E-state index is 9.96. The number of rotatable bonds is 10. The average Bonchev–Trinajstić information content (AvgIpc) is 2.79. The average molecular weight is 433 g/mol. The molecule has 1 saturated heterocycles. The first kappa shape index (κ1) is 23.7. The molecule has 5 atom stereocenters. The van der Waals surface area contributed by atoms with E-state index in [-0.39, 0.29) is 0 Å². The molecular formula is C24H32O7. The van der Waals surface area contributed by atoms with E-state index in [1.54, 1.807) is 0 Å². The Hall–Kier alpha value is -2.00. The molecule has 1 aliphatic rings. The van der Waals surface area contributed by atoms with E-state index in [2.05, 4.69) is 31.2 Å². The van der Waals surface area contributed by atoms with Crippen molar-refractivity contribution in [2.45, 2.75) is 63.5 Å². The Morgan fingerprint density at radius 3 is 2.19 bits per heavy atom. The molecule has 0 bridgehead atoms. The molecule has 0 radical (unpaired) electrons. The van der Waals surface area contributed by atoms with E-state index in [9.17, 15) is 20.4 Å². The van der Waals surface area contributed by atoms with E-state index in [0.717, 1.165) is 30.6 Å². The molecule has 0 saturated carbocycles. The van der Waals surface area contributed by atoms with Gasteiger partial charge in [-0.3, -0.25) is 0 Å². The summed E-state index contributed by atoms with van der Waals surface area (Å²) in [6.45, 7) is 2.47. The van der Waals surface area contributed by atoms with E-state index in [0.29, 0.717) is 13.2 Å². The van der Waals surface area contributed by atoms with Crippen molar-refractivity contribution in [3.63, 3.8) is 0 Å². The highest BCUT2D eigenvalue weighted by atomic mass is 16.7. The normalized spacial score (nSPS) is 26.0. The molecule has 0 spiro atoms.